The minimum absolute atomic E-state index is 0.0513. The van der Waals surface area contributed by atoms with Crippen LogP contribution in [0.1, 0.15) is 17.5 Å². The Bertz CT molecular complexity index is 857. The van der Waals surface area contributed by atoms with Gasteiger partial charge in [-0.1, -0.05) is 36.4 Å². The molecule has 138 valence electrons. The number of carbonyl (C=O) groups is 1. The van der Waals surface area contributed by atoms with Crippen molar-refractivity contribution in [1.29, 1.82) is 5.26 Å². The summed E-state index contributed by atoms with van der Waals surface area (Å²) >= 11 is 0. The predicted molar refractivity (Wildman–Crippen MR) is 101 cm³/mol. The second kappa shape index (κ2) is 9.30. The number of nitrogens with zero attached hydrogens (tertiary/aromatic N) is 1. The highest BCUT2D eigenvalue weighted by molar-refractivity contribution is 5.97. The van der Waals surface area contributed by atoms with E-state index >= 15 is 0 Å². The van der Waals surface area contributed by atoms with Crippen molar-refractivity contribution in [2.75, 3.05) is 13.3 Å². The van der Waals surface area contributed by atoms with Crippen LogP contribution in [0.2, 0.25) is 0 Å². The first kappa shape index (κ1) is 18.3. The summed E-state index contributed by atoms with van der Waals surface area (Å²) in [5, 5.41) is 15.0. The van der Waals surface area contributed by atoms with Gasteiger partial charge in [0.2, 0.25) is 6.79 Å². The Morgan fingerprint density at radius 2 is 1.93 bits per heavy atom. The van der Waals surface area contributed by atoms with Crippen LogP contribution < -0.4 is 20.1 Å². The summed E-state index contributed by atoms with van der Waals surface area (Å²) in [6, 6.07) is 17.6. The minimum atomic E-state index is -0.411. The van der Waals surface area contributed by atoms with Crippen LogP contribution in [0.3, 0.4) is 0 Å². The molecule has 0 atom stereocenters. The van der Waals surface area contributed by atoms with E-state index in [0.29, 0.717) is 24.6 Å². The normalized spacial score (nSPS) is 12.3. The van der Waals surface area contributed by atoms with Gasteiger partial charge >= 0.3 is 0 Å². The van der Waals surface area contributed by atoms with Gasteiger partial charge in [0.15, 0.2) is 11.5 Å². The third kappa shape index (κ3) is 5.25. The smallest absolute Gasteiger partial charge is 0.263 e. The van der Waals surface area contributed by atoms with E-state index < -0.39 is 5.91 Å². The zero-order valence-electron chi connectivity index (χ0n) is 14.9. The van der Waals surface area contributed by atoms with Gasteiger partial charge in [0.05, 0.1) is 0 Å². The lowest BCUT2D eigenvalue weighted by Gasteiger charge is -2.06. The van der Waals surface area contributed by atoms with Gasteiger partial charge in [0, 0.05) is 19.3 Å². The average molecular weight is 363 g/mol. The molecule has 1 aliphatic rings. The van der Waals surface area contributed by atoms with Gasteiger partial charge in [-0.3, -0.25) is 4.79 Å². The van der Waals surface area contributed by atoms with E-state index in [1.54, 1.807) is 6.07 Å². The number of hydrogen-bond donors (Lipinski definition) is 2. The quantitative estimate of drug-likeness (QED) is 0.428. The molecule has 2 aromatic carbocycles. The Morgan fingerprint density at radius 3 is 2.74 bits per heavy atom. The second-order valence-corrected chi connectivity index (χ2v) is 6.08. The number of ether oxygens (including phenoxy) is 2. The molecule has 1 aliphatic heterocycles. The van der Waals surface area contributed by atoms with E-state index in [1.165, 1.54) is 11.8 Å². The highest BCUT2D eigenvalue weighted by Gasteiger charge is 2.14. The number of amides is 1. The monoisotopic (exact) mass is 363 g/mol. The number of rotatable bonds is 8. The van der Waals surface area contributed by atoms with Gasteiger partial charge in [-0.25, -0.2) is 0 Å². The standard InChI is InChI=1S/C21H21N3O3/c22-12-18(14-23-10-4-7-16-5-2-1-3-6-16)21(25)24-13-17-8-9-19-20(11-17)27-15-26-19/h1-3,5-6,8-9,11,14,23H,4,7,10,13,15H2,(H,24,25)/b18-14-. The average Bonchev–Trinajstić information content (AvgIpc) is 3.17. The molecule has 0 fully saturated rings. The Morgan fingerprint density at radius 1 is 1.11 bits per heavy atom. The maximum Gasteiger partial charge on any atom is 0.263 e. The Hall–Kier alpha value is -3.46. The zero-order chi connectivity index (χ0) is 18.9. The number of carbonyl (C=O) groups excluding carboxylic acids is 1. The van der Waals surface area contributed by atoms with Gasteiger partial charge in [-0.2, -0.15) is 5.26 Å². The molecule has 0 saturated carbocycles. The van der Waals surface area contributed by atoms with Gasteiger partial charge < -0.3 is 20.1 Å². The molecule has 6 heteroatoms. The third-order valence-electron chi connectivity index (χ3n) is 4.13. The van der Waals surface area contributed by atoms with Crippen LogP contribution in [0.25, 0.3) is 0 Å². The fourth-order valence-electron chi connectivity index (χ4n) is 2.69. The number of hydrogen-bond acceptors (Lipinski definition) is 5. The summed E-state index contributed by atoms with van der Waals surface area (Å²) in [5.41, 5.74) is 2.20. The maximum atomic E-state index is 12.2. The Labute approximate surface area is 158 Å². The highest BCUT2D eigenvalue weighted by atomic mass is 16.7. The van der Waals surface area contributed by atoms with E-state index in [1.807, 2.05) is 36.4 Å². The molecule has 1 amide bonds. The molecule has 2 N–H and O–H groups in total. The van der Waals surface area contributed by atoms with Crippen molar-refractivity contribution in [1.82, 2.24) is 10.6 Å². The van der Waals surface area contributed by atoms with Crippen LogP contribution in [-0.4, -0.2) is 19.2 Å². The largest absolute Gasteiger partial charge is 0.454 e. The second-order valence-electron chi connectivity index (χ2n) is 6.08. The lowest BCUT2D eigenvalue weighted by Crippen LogP contribution is -2.25. The number of benzene rings is 2. The summed E-state index contributed by atoms with van der Waals surface area (Å²) in [7, 11) is 0. The summed E-state index contributed by atoms with van der Waals surface area (Å²) in [6.07, 6.45) is 3.33. The molecule has 0 aliphatic carbocycles. The first-order valence-corrected chi connectivity index (χ1v) is 8.80. The molecule has 0 spiro atoms. The number of nitrogens with one attached hydrogen (secondary N) is 2. The van der Waals surface area contributed by atoms with Gasteiger partial charge in [-0.15, -0.1) is 0 Å². The van der Waals surface area contributed by atoms with Crippen LogP contribution in [-0.2, 0) is 17.8 Å². The van der Waals surface area contributed by atoms with E-state index in [4.69, 9.17) is 9.47 Å². The molecular formula is C21H21N3O3. The molecule has 0 radical (unpaired) electrons. The number of aryl methyl sites for hydroxylation is 1. The molecule has 1 heterocycles. The van der Waals surface area contributed by atoms with Crippen LogP contribution in [0.4, 0.5) is 0 Å². The van der Waals surface area contributed by atoms with Crippen LogP contribution in [0.15, 0.2) is 60.3 Å². The Balaban J connectivity index is 1.43. The molecule has 2 aromatic rings. The molecule has 0 unspecified atom stereocenters. The lowest BCUT2D eigenvalue weighted by atomic mass is 10.1. The van der Waals surface area contributed by atoms with E-state index in [2.05, 4.69) is 22.8 Å². The fraction of sp³-hybridized carbons (Fsp3) is 0.238. The van der Waals surface area contributed by atoms with Gasteiger partial charge in [-0.05, 0) is 36.1 Å². The van der Waals surface area contributed by atoms with Crippen molar-refractivity contribution in [2.45, 2.75) is 19.4 Å². The van der Waals surface area contributed by atoms with E-state index in [0.717, 1.165) is 18.4 Å². The van der Waals surface area contributed by atoms with Crippen molar-refractivity contribution >= 4 is 5.91 Å². The van der Waals surface area contributed by atoms with E-state index in [-0.39, 0.29) is 12.4 Å². The molecule has 3 rings (SSSR count). The molecule has 6 nitrogen and oxygen atoms in total. The third-order valence-corrected chi connectivity index (χ3v) is 4.13. The lowest BCUT2D eigenvalue weighted by molar-refractivity contribution is -0.117. The molecule has 0 bridgehead atoms. The summed E-state index contributed by atoms with van der Waals surface area (Å²) in [4.78, 5) is 12.2. The van der Waals surface area contributed by atoms with Crippen molar-refractivity contribution in [2.24, 2.45) is 0 Å². The first-order valence-electron chi connectivity index (χ1n) is 8.80. The molecular weight excluding hydrogens is 342 g/mol. The minimum Gasteiger partial charge on any atom is -0.454 e. The van der Waals surface area contributed by atoms with Crippen molar-refractivity contribution in [3.05, 3.63) is 71.4 Å². The molecule has 0 saturated heterocycles. The van der Waals surface area contributed by atoms with Crippen LogP contribution >= 0.6 is 0 Å². The Kier molecular flexibility index (Phi) is 6.31. The molecule has 27 heavy (non-hydrogen) atoms. The van der Waals surface area contributed by atoms with Gasteiger partial charge in [0.1, 0.15) is 11.6 Å². The first-order chi connectivity index (χ1) is 13.3. The van der Waals surface area contributed by atoms with E-state index in [9.17, 15) is 10.1 Å². The zero-order valence-corrected chi connectivity index (χ0v) is 14.9. The van der Waals surface area contributed by atoms with Crippen molar-refractivity contribution in [3.63, 3.8) is 0 Å². The maximum absolute atomic E-state index is 12.2. The predicted octanol–water partition coefficient (Wildman–Crippen LogP) is 2.66. The summed E-state index contributed by atoms with van der Waals surface area (Å²) in [6.45, 7) is 1.21. The number of nitriles is 1. The number of fused-ring (bicyclic) bond motifs is 1. The summed E-state index contributed by atoms with van der Waals surface area (Å²) in [5.74, 6) is 0.950. The fourth-order valence-corrected chi connectivity index (χ4v) is 2.69. The SMILES string of the molecule is N#C/C(=C/NCCCc1ccccc1)C(=O)NCc1ccc2c(c1)OCO2. The van der Waals surface area contributed by atoms with Gasteiger partial charge in [0.25, 0.3) is 5.91 Å². The van der Waals surface area contributed by atoms with Crippen LogP contribution in [0, 0.1) is 11.3 Å². The van der Waals surface area contributed by atoms with Crippen molar-refractivity contribution in [3.8, 4) is 17.6 Å². The van der Waals surface area contributed by atoms with Crippen LogP contribution in [0.5, 0.6) is 11.5 Å². The highest BCUT2D eigenvalue weighted by Crippen LogP contribution is 2.32. The molecule has 0 aromatic heterocycles. The van der Waals surface area contributed by atoms with Crippen molar-refractivity contribution < 1.29 is 14.3 Å². The topological polar surface area (TPSA) is 83.4 Å². The summed E-state index contributed by atoms with van der Waals surface area (Å²) < 4.78 is 10.6.